The van der Waals surface area contributed by atoms with Crippen LogP contribution in [0.15, 0.2) is 47.5 Å². The molecule has 0 bridgehead atoms. The summed E-state index contributed by atoms with van der Waals surface area (Å²) in [5, 5.41) is 0.534. The van der Waals surface area contributed by atoms with Gasteiger partial charge in [-0.25, -0.2) is 4.98 Å². The Balaban J connectivity index is 1.56. The highest BCUT2D eigenvalue weighted by Gasteiger charge is 2.28. The Morgan fingerprint density at radius 2 is 1.89 bits per heavy atom. The van der Waals surface area contributed by atoms with Crippen molar-refractivity contribution in [3.8, 4) is 16.9 Å². The molecule has 1 aliphatic heterocycles. The summed E-state index contributed by atoms with van der Waals surface area (Å²) in [7, 11) is 0. The third-order valence-corrected chi connectivity index (χ3v) is 8.05. The van der Waals surface area contributed by atoms with Crippen LogP contribution >= 0.6 is 11.3 Å². The molecule has 0 radical (unpaired) electrons. The highest BCUT2D eigenvalue weighted by molar-refractivity contribution is 7.19. The maximum Gasteiger partial charge on any atom is 0.265 e. The van der Waals surface area contributed by atoms with Crippen molar-refractivity contribution in [1.82, 2.24) is 9.55 Å². The zero-order chi connectivity index (χ0) is 26.4. The van der Waals surface area contributed by atoms with E-state index in [2.05, 4.69) is 31.0 Å². The van der Waals surface area contributed by atoms with E-state index in [0.29, 0.717) is 33.8 Å². The topological polar surface area (TPSA) is 81.5 Å². The van der Waals surface area contributed by atoms with Crippen LogP contribution in [0.1, 0.15) is 52.7 Å². The quantitative estimate of drug-likeness (QED) is 0.311. The zero-order valence-corrected chi connectivity index (χ0v) is 22.4. The van der Waals surface area contributed by atoms with E-state index in [0.717, 1.165) is 28.0 Å². The Bertz CT molecular complexity index is 1620. The predicted molar refractivity (Wildman–Crippen MR) is 147 cm³/mol. The monoisotopic (exact) mass is 515 g/mol. The molecule has 0 N–H and O–H groups in total. The molecule has 1 unspecified atom stereocenters. The number of nitrogens with zero attached hydrogens (tertiary/aromatic N) is 3. The number of benzene rings is 2. The van der Waals surface area contributed by atoms with Gasteiger partial charge in [0, 0.05) is 22.5 Å². The molecule has 0 aliphatic carbocycles. The van der Waals surface area contributed by atoms with Crippen molar-refractivity contribution >= 4 is 38.9 Å². The number of hydrogen-bond donors (Lipinski definition) is 0. The van der Waals surface area contributed by atoms with Gasteiger partial charge < -0.3 is 9.64 Å². The zero-order valence-electron chi connectivity index (χ0n) is 21.6. The van der Waals surface area contributed by atoms with Crippen LogP contribution in [-0.4, -0.2) is 34.4 Å². The van der Waals surface area contributed by atoms with Crippen LogP contribution in [0.5, 0.6) is 5.75 Å². The van der Waals surface area contributed by atoms with E-state index in [1.165, 1.54) is 27.8 Å². The number of hydrogen-bond acceptors (Lipinski definition) is 6. The summed E-state index contributed by atoms with van der Waals surface area (Å²) in [4.78, 5) is 47.7. The molecule has 4 aromatic rings. The second-order valence-electron chi connectivity index (χ2n) is 9.53. The molecule has 3 heterocycles. The third-order valence-electron chi connectivity index (χ3n) is 7.04. The van der Waals surface area contributed by atoms with Gasteiger partial charge in [0.15, 0.2) is 12.4 Å². The molecular formula is C29H29N3O4S. The van der Waals surface area contributed by atoms with Gasteiger partial charge in [0.2, 0.25) is 0 Å². The van der Waals surface area contributed by atoms with Crippen LogP contribution in [-0.2, 0) is 4.79 Å². The van der Waals surface area contributed by atoms with Crippen LogP contribution in [0.2, 0.25) is 0 Å². The second kappa shape index (κ2) is 9.59. The van der Waals surface area contributed by atoms with E-state index in [-0.39, 0.29) is 23.9 Å². The van der Waals surface area contributed by atoms with Crippen molar-refractivity contribution < 1.29 is 14.3 Å². The highest BCUT2D eigenvalue weighted by atomic mass is 32.1. The fourth-order valence-electron chi connectivity index (χ4n) is 4.83. The molecule has 2 aromatic carbocycles. The average molecular weight is 516 g/mol. The standard InChI is InChI=1S/C29H29N3O4S/c1-6-11-31-22-13-21(9-10-23(22)36-14-24(31)33)27(34)18(4)32-15-30-28-26(29(32)35)25(19(5)37-28)20-8-7-16(2)17(3)12-20/h7-10,12-13,15,18H,6,11,14H2,1-5H3. The lowest BCUT2D eigenvalue weighted by atomic mass is 9.99. The molecule has 0 saturated heterocycles. The summed E-state index contributed by atoms with van der Waals surface area (Å²) in [5.41, 5.74) is 4.93. The molecule has 190 valence electrons. The molecule has 2 aromatic heterocycles. The average Bonchev–Trinajstić information content (AvgIpc) is 3.23. The molecule has 7 nitrogen and oxygen atoms in total. The van der Waals surface area contributed by atoms with E-state index in [4.69, 9.17) is 4.74 Å². The lowest BCUT2D eigenvalue weighted by molar-refractivity contribution is -0.121. The number of fused-ring (bicyclic) bond motifs is 2. The Hall–Kier alpha value is -3.78. The molecule has 1 amide bonds. The van der Waals surface area contributed by atoms with Gasteiger partial charge in [0.05, 0.1) is 23.4 Å². The number of anilines is 1. The number of thiophene rings is 1. The minimum atomic E-state index is -0.782. The Morgan fingerprint density at radius 1 is 1.11 bits per heavy atom. The number of rotatable bonds is 6. The van der Waals surface area contributed by atoms with Crippen LogP contribution < -0.4 is 15.2 Å². The molecular weight excluding hydrogens is 486 g/mol. The van der Waals surface area contributed by atoms with Crippen molar-refractivity contribution in [2.24, 2.45) is 0 Å². The van der Waals surface area contributed by atoms with E-state index < -0.39 is 6.04 Å². The van der Waals surface area contributed by atoms with Crippen LogP contribution in [0.4, 0.5) is 5.69 Å². The molecule has 1 aliphatic rings. The fraction of sp³-hybridized carbons (Fsp3) is 0.310. The molecule has 37 heavy (non-hydrogen) atoms. The number of aryl methyl sites for hydroxylation is 3. The first-order valence-corrected chi connectivity index (χ1v) is 13.2. The van der Waals surface area contributed by atoms with E-state index in [1.807, 2.05) is 19.9 Å². The maximum absolute atomic E-state index is 13.8. The van der Waals surface area contributed by atoms with Gasteiger partial charge in [-0.05, 0) is 69.0 Å². The highest BCUT2D eigenvalue weighted by Crippen LogP contribution is 2.37. The number of ketones is 1. The number of carbonyl (C=O) groups is 2. The van der Waals surface area contributed by atoms with Gasteiger partial charge in [0.1, 0.15) is 10.6 Å². The summed E-state index contributed by atoms with van der Waals surface area (Å²) >= 11 is 1.48. The van der Waals surface area contributed by atoms with Gasteiger partial charge in [0.25, 0.3) is 11.5 Å². The van der Waals surface area contributed by atoms with Gasteiger partial charge in [-0.1, -0.05) is 25.1 Å². The summed E-state index contributed by atoms with van der Waals surface area (Å²) in [6.45, 7) is 10.3. The number of Topliss-reactive ketones (excluding diaryl/α,β-unsaturated/α-hetero) is 1. The number of aromatic nitrogens is 2. The summed E-state index contributed by atoms with van der Waals surface area (Å²) in [6, 6.07) is 10.5. The Morgan fingerprint density at radius 3 is 2.62 bits per heavy atom. The molecule has 0 spiro atoms. The molecule has 1 atom stereocenters. The van der Waals surface area contributed by atoms with Gasteiger partial charge >= 0.3 is 0 Å². The summed E-state index contributed by atoms with van der Waals surface area (Å²) in [5.74, 6) is 0.203. The minimum Gasteiger partial charge on any atom is -0.482 e. The van der Waals surface area contributed by atoms with Crippen molar-refractivity contribution in [3.05, 3.63) is 74.6 Å². The number of amides is 1. The number of carbonyl (C=O) groups excluding carboxylic acids is 2. The summed E-state index contributed by atoms with van der Waals surface area (Å²) < 4.78 is 6.98. The smallest absolute Gasteiger partial charge is 0.265 e. The van der Waals surface area contributed by atoms with Gasteiger partial charge in [-0.15, -0.1) is 11.3 Å². The Labute approximate surface area is 219 Å². The predicted octanol–water partition coefficient (Wildman–Crippen LogP) is 5.63. The molecule has 0 saturated carbocycles. The van der Waals surface area contributed by atoms with Crippen molar-refractivity contribution in [2.75, 3.05) is 18.1 Å². The van der Waals surface area contributed by atoms with Crippen molar-refractivity contribution in [3.63, 3.8) is 0 Å². The van der Waals surface area contributed by atoms with Gasteiger partial charge in [-0.2, -0.15) is 0 Å². The van der Waals surface area contributed by atoms with E-state index >= 15 is 0 Å². The van der Waals surface area contributed by atoms with Crippen LogP contribution in [0.3, 0.4) is 0 Å². The van der Waals surface area contributed by atoms with Crippen LogP contribution in [0, 0.1) is 20.8 Å². The molecule has 0 fully saturated rings. The number of ether oxygens (including phenoxy) is 1. The molecule has 5 rings (SSSR count). The lowest BCUT2D eigenvalue weighted by Gasteiger charge is -2.29. The SMILES string of the molecule is CCCN1C(=O)COc2ccc(C(=O)C(C)n3cnc4sc(C)c(-c5ccc(C)c(C)c5)c4c3=O)cc21. The van der Waals surface area contributed by atoms with Crippen molar-refractivity contribution in [1.29, 1.82) is 0 Å². The minimum absolute atomic E-state index is 0.0132. The largest absolute Gasteiger partial charge is 0.482 e. The summed E-state index contributed by atoms with van der Waals surface area (Å²) in [6.07, 6.45) is 2.24. The van der Waals surface area contributed by atoms with E-state index in [9.17, 15) is 14.4 Å². The third kappa shape index (κ3) is 4.25. The first-order valence-electron chi connectivity index (χ1n) is 12.4. The Kier molecular flexibility index (Phi) is 6.45. The first kappa shape index (κ1) is 24.9. The van der Waals surface area contributed by atoms with Gasteiger partial charge in [-0.3, -0.25) is 19.0 Å². The normalized spacial score (nSPS) is 14.0. The second-order valence-corrected chi connectivity index (χ2v) is 10.7. The molecule has 8 heteroatoms. The lowest BCUT2D eigenvalue weighted by Crippen LogP contribution is -2.39. The van der Waals surface area contributed by atoms with Crippen molar-refractivity contribution in [2.45, 2.75) is 47.1 Å². The first-order chi connectivity index (χ1) is 17.7. The van der Waals surface area contributed by atoms with Crippen LogP contribution in [0.25, 0.3) is 21.3 Å². The fourth-order valence-corrected chi connectivity index (χ4v) is 5.83. The van der Waals surface area contributed by atoms with E-state index in [1.54, 1.807) is 30.0 Å². The maximum atomic E-state index is 13.8.